The first-order valence-electron chi connectivity index (χ1n) is 7.01. The number of carboxylic acids is 1. The summed E-state index contributed by atoms with van der Waals surface area (Å²) in [6.45, 7) is 5.14. The van der Waals surface area contributed by atoms with Crippen molar-refractivity contribution in [3.05, 3.63) is 11.8 Å². The lowest BCUT2D eigenvalue weighted by Crippen LogP contribution is -2.40. The number of anilines is 2. The lowest BCUT2D eigenvalue weighted by Gasteiger charge is -2.31. The highest BCUT2D eigenvalue weighted by Crippen LogP contribution is 2.22. The van der Waals surface area contributed by atoms with Gasteiger partial charge in [0.1, 0.15) is 11.4 Å². The summed E-state index contributed by atoms with van der Waals surface area (Å²) in [5, 5.41) is 9.33. The summed E-state index contributed by atoms with van der Waals surface area (Å²) in [5.41, 5.74) is 0.133. The molecule has 122 valence electrons. The minimum Gasteiger partial charge on any atom is -0.477 e. The van der Waals surface area contributed by atoms with Crippen LogP contribution in [0, 0.1) is 0 Å². The van der Waals surface area contributed by atoms with Gasteiger partial charge in [-0.05, 0) is 0 Å². The van der Waals surface area contributed by atoms with Crippen LogP contribution < -0.4 is 9.80 Å². The molecule has 1 N–H and O–H groups in total. The van der Waals surface area contributed by atoms with Crippen molar-refractivity contribution in [3.8, 4) is 0 Å². The topological polar surface area (TPSA) is 88.0 Å². The van der Waals surface area contributed by atoms with Crippen LogP contribution in [0.15, 0.2) is 6.20 Å². The molecular weight excluding hydrogens is 312 g/mol. The number of hydrogen-bond acceptors (Lipinski definition) is 7. The summed E-state index contributed by atoms with van der Waals surface area (Å²) in [6, 6.07) is 0. The fraction of sp³-hybridized carbons (Fsp3) is 0.615. The lowest BCUT2D eigenvalue weighted by atomic mass is 10.2. The molecule has 1 aromatic heterocycles. The Balaban J connectivity index is 0.00000176. The maximum Gasteiger partial charge on any atom is 0.341 e. The number of halogens is 1. The van der Waals surface area contributed by atoms with Crippen LogP contribution >= 0.6 is 12.4 Å². The summed E-state index contributed by atoms with van der Waals surface area (Å²) in [6.07, 6.45) is 1.39. The van der Waals surface area contributed by atoms with E-state index in [1.807, 2.05) is 9.80 Å². The first-order chi connectivity index (χ1) is 10.3. The van der Waals surface area contributed by atoms with Crippen molar-refractivity contribution >= 4 is 30.1 Å². The smallest absolute Gasteiger partial charge is 0.341 e. The van der Waals surface area contributed by atoms with Crippen molar-refractivity contribution in [1.29, 1.82) is 0 Å². The molecule has 2 aliphatic rings. The van der Waals surface area contributed by atoms with E-state index in [0.717, 1.165) is 13.1 Å². The number of ether oxygens (including phenoxy) is 2. The van der Waals surface area contributed by atoms with E-state index in [0.29, 0.717) is 51.3 Å². The monoisotopic (exact) mass is 330 g/mol. The van der Waals surface area contributed by atoms with Gasteiger partial charge in [0.2, 0.25) is 5.95 Å². The Hall–Kier alpha value is -1.64. The van der Waals surface area contributed by atoms with Crippen molar-refractivity contribution in [3.63, 3.8) is 0 Å². The van der Waals surface area contributed by atoms with Crippen LogP contribution in [0.4, 0.5) is 11.8 Å². The van der Waals surface area contributed by atoms with Gasteiger partial charge in [0, 0.05) is 32.4 Å². The number of nitrogens with zero attached hydrogens (tertiary/aromatic N) is 4. The summed E-state index contributed by atoms with van der Waals surface area (Å²) >= 11 is 0. The Kier molecular flexibility index (Phi) is 5.76. The third-order valence-corrected chi connectivity index (χ3v) is 3.59. The summed E-state index contributed by atoms with van der Waals surface area (Å²) in [5.74, 6) is 0.0251. The fourth-order valence-electron chi connectivity index (χ4n) is 2.45. The second-order valence-corrected chi connectivity index (χ2v) is 4.91. The zero-order chi connectivity index (χ0) is 14.7. The zero-order valence-electron chi connectivity index (χ0n) is 12.1. The molecule has 3 heterocycles. The van der Waals surface area contributed by atoms with Crippen LogP contribution in [-0.4, -0.2) is 73.7 Å². The quantitative estimate of drug-likeness (QED) is 0.845. The van der Waals surface area contributed by atoms with Crippen LogP contribution in [0.1, 0.15) is 10.4 Å². The molecule has 9 heteroatoms. The van der Waals surface area contributed by atoms with Crippen LogP contribution in [-0.2, 0) is 9.47 Å². The average Bonchev–Trinajstić information content (AvgIpc) is 2.56. The highest BCUT2D eigenvalue weighted by molar-refractivity contribution is 5.93. The average molecular weight is 331 g/mol. The third-order valence-electron chi connectivity index (χ3n) is 3.59. The van der Waals surface area contributed by atoms with Gasteiger partial charge < -0.3 is 24.4 Å². The molecule has 0 unspecified atom stereocenters. The molecule has 2 aliphatic heterocycles. The minimum absolute atomic E-state index is 0. The van der Waals surface area contributed by atoms with Crippen molar-refractivity contribution in [2.45, 2.75) is 0 Å². The molecule has 0 amide bonds. The van der Waals surface area contributed by atoms with Gasteiger partial charge in [0.05, 0.1) is 26.4 Å². The Bertz CT molecular complexity index is 519. The molecular formula is C13H19ClN4O4. The molecule has 0 spiro atoms. The van der Waals surface area contributed by atoms with E-state index in [-0.39, 0.29) is 18.0 Å². The molecule has 8 nitrogen and oxygen atoms in total. The Morgan fingerprint density at radius 2 is 1.59 bits per heavy atom. The fourth-order valence-corrected chi connectivity index (χ4v) is 2.45. The molecule has 0 bridgehead atoms. The Labute approximate surface area is 134 Å². The molecule has 22 heavy (non-hydrogen) atoms. The third kappa shape index (κ3) is 3.57. The zero-order valence-corrected chi connectivity index (χ0v) is 12.9. The second-order valence-electron chi connectivity index (χ2n) is 4.91. The van der Waals surface area contributed by atoms with Gasteiger partial charge in [0.25, 0.3) is 0 Å². The summed E-state index contributed by atoms with van der Waals surface area (Å²) < 4.78 is 10.6. The predicted octanol–water partition coefficient (Wildman–Crippen LogP) is 0.270. The van der Waals surface area contributed by atoms with E-state index in [9.17, 15) is 9.90 Å². The van der Waals surface area contributed by atoms with Gasteiger partial charge >= 0.3 is 5.97 Å². The molecule has 2 saturated heterocycles. The Morgan fingerprint density at radius 3 is 2.14 bits per heavy atom. The van der Waals surface area contributed by atoms with Crippen LogP contribution in [0.25, 0.3) is 0 Å². The largest absolute Gasteiger partial charge is 0.477 e. The van der Waals surface area contributed by atoms with Gasteiger partial charge in [-0.2, -0.15) is 4.98 Å². The molecule has 1 aromatic rings. The number of morpholine rings is 2. The van der Waals surface area contributed by atoms with Crippen LogP contribution in [0.5, 0.6) is 0 Å². The van der Waals surface area contributed by atoms with Crippen LogP contribution in [0.3, 0.4) is 0 Å². The number of rotatable bonds is 3. The molecule has 0 radical (unpaired) electrons. The lowest BCUT2D eigenvalue weighted by molar-refractivity contribution is 0.0695. The second kappa shape index (κ2) is 7.57. The number of carbonyl (C=O) groups is 1. The number of hydrogen-bond donors (Lipinski definition) is 1. The first-order valence-corrected chi connectivity index (χ1v) is 7.01. The molecule has 3 rings (SSSR count). The number of carboxylic acid groups (broad SMARTS) is 1. The maximum absolute atomic E-state index is 11.4. The number of aromatic nitrogens is 2. The maximum atomic E-state index is 11.4. The number of aromatic carboxylic acids is 1. The van der Waals surface area contributed by atoms with Gasteiger partial charge in [-0.3, -0.25) is 0 Å². The summed E-state index contributed by atoms with van der Waals surface area (Å²) in [7, 11) is 0. The predicted molar refractivity (Wildman–Crippen MR) is 82.3 cm³/mol. The molecule has 2 fully saturated rings. The van der Waals surface area contributed by atoms with Gasteiger partial charge in [-0.25, -0.2) is 9.78 Å². The van der Waals surface area contributed by atoms with Crippen molar-refractivity contribution in [2.24, 2.45) is 0 Å². The molecule has 0 aliphatic carbocycles. The van der Waals surface area contributed by atoms with Crippen molar-refractivity contribution in [1.82, 2.24) is 9.97 Å². The van der Waals surface area contributed by atoms with E-state index < -0.39 is 5.97 Å². The van der Waals surface area contributed by atoms with Crippen molar-refractivity contribution in [2.75, 3.05) is 62.4 Å². The van der Waals surface area contributed by atoms with E-state index in [1.165, 1.54) is 6.20 Å². The van der Waals surface area contributed by atoms with E-state index in [2.05, 4.69) is 9.97 Å². The standard InChI is InChI=1S/C13H18N4O4.ClH/c18-12(19)10-9-14-13(17-3-7-21-8-4-17)15-11(10)16-1-5-20-6-2-16;/h9H,1-8H2,(H,18,19);1H. The highest BCUT2D eigenvalue weighted by atomic mass is 35.5. The van der Waals surface area contributed by atoms with E-state index in [1.54, 1.807) is 0 Å². The summed E-state index contributed by atoms with van der Waals surface area (Å²) in [4.78, 5) is 24.0. The highest BCUT2D eigenvalue weighted by Gasteiger charge is 2.23. The van der Waals surface area contributed by atoms with Crippen LogP contribution in [0.2, 0.25) is 0 Å². The Morgan fingerprint density at radius 1 is 1.05 bits per heavy atom. The minimum atomic E-state index is -1.01. The molecule has 0 atom stereocenters. The van der Waals surface area contributed by atoms with Gasteiger partial charge in [0.15, 0.2) is 0 Å². The van der Waals surface area contributed by atoms with E-state index >= 15 is 0 Å². The van der Waals surface area contributed by atoms with E-state index in [4.69, 9.17) is 9.47 Å². The van der Waals surface area contributed by atoms with Crippen molar-refractivity contribution < 1.29 is 19.4 Å². The molecule has 0 saturated carbocycles. The van der Waals surface area contributed by atoms with Gasteiger partial charge in [-0.15, -0.1) is 12.4 Å². The first kappa shape index (κ1) is 16.7. The van der Waals surface area contributed by atoms with Gasteiger partial charge in [-0.1, -0.05) is 0 Å². The molecule has 0 aromatic carbocycles. The normalized spacial score (nSPS) is 18.7. The SMILES string of the molecule is Cl.O=C(O)c1cnc(N2CCOCC2)nc1N1CCOCC1.